The van der Waals surface area contributed by atoms with Crippen LogP contribution in [0.4, 0.5) is 0 Å². The summed E-state index contributed by atoms with van der Waals surface area (Å²) in [5.41, 5.74) is 5.31. The highest BCUT2D eigenvalue weighted by molar-refractivity contribution is 5.88. The van der Waals surface area contributed by atoms with Gasteiger partial charge in [-0.15, -0.1) is 0 Å². The molecule has 0 bridgehead atoms. The maximum Gasteiger partial charge on any atom is 0.243 e. The third-order valence-electron chi connectivity index (χ3n) is 6.82. The van der Waals surface area contributed by atoms with E-state index in [1.807, 2.05) is 66.2 Å². The Kier molecular flexibility index (Phi) is 6.62. The maximum absolute atomic E-state index is 13.0. The standard InChI is InChI=1S/C29H30N4O2/c1-32-25-14-6-5-13-24(25)31-27(32)16-17-28(34)33-18-8-15-26(33)29(35)30-20-21-9-7-12-23(19-21)22-10-3-2-4-11-22/h2-7,9-14,19,26H,8,15-18,20H2,1H3,(H,30,35)/t26-/m0/s1. The van der Waals surface area contributed by atoms with Gasteiger partial charge in [0.25, 0.3) is 0 Å². The lowest BCUT2D eigenvalue weighted by Crippen LogP contribution is -2.45. The number of imidazole rings is 1. The van der Waals surface area contributed by atoms with E-state index < -0.39 is 6.04 Å². The Morgan fingerprint density at radius 3 is 2.57 bits per heavy atom. The van der Waals surface area contributed by atoms with Gasteiger partial charge in [-0.3, -0.25) is 9.59 Å². The summed E-state index contributed by atoms with van der Waals surface area (Å²) in [6.07, 6.45) is 2.45. The van der Waals surface area contributed by atoms with Crippen LogP contribution in [0.2, 0.25) is 0 Å². The van der Waals surface area contributed by atoms with Gasteiger partial charge in [-0.25, -0.2) is 4.98 Å². The normalized spacial score (nSPS) is 15.5. The molecular weight excluding hydrogens is 436 g/mol. The summed E-state index contributed by atoms with van der Waals surface area (Å²) in [6, 6.07) is 26.0. The number of aromatic nitrogens is 2. The first-order valence-electron chi connectivity index (χ1n) is 12.2. The quantitative estimate of drug-likeness (QED) is 0.437. The average Bonchev–Trinajstić information content (AvgIpc) is 3.52. The first-order chi connectivity index (χ1) is 17.1. The molecule has 1 aliphatic rings. The highest BCUT2D eigenvalue weighted by Crippen LogP contribution is 2.22. The highest BCUT2D eigenvalue weighted by atomic mass is 16.2. The smallest absolute Gasteiger partial charge is 0.243 e. The highest BCUT2D eigenvalue weighted by Gasteiger charge is 2.33. The largest absolute Gasteiger partial charge is 0.350 e. The van der Waals surface area contributed by atoms with E-state index in [1.54, 1.807) is 4.90 Å². The first-order valence-corrected chi connectivity index (χ1v) is 12.2. The van der Waals surface area contributed by atoms with Crippen molar-refractivity contribution in [3.05, 3.63) is 90.3 Å². The van der Waals surface area contributed by atoms with Crippen molar-refractivity contribution in [2.75, 3.05) is 6.54 Å². The number of benzene rings is 3. The van der Waals surface area contributed by atoms with E-state index in [0.29, 0.717) is 32.4 Å². The van der Waals surface area contributed by atoms with Crippen LogP contribution in [0.5, 0.6) is 0 Å². The van der Waals surface area contributed by atoms with Crippen LogP contribution in [-0.4, -0.2) is 38.9 Å². The molecule has 0 unspecified atom stereocenters. The molecule has 3 aromatic carbocycles. The minimum absolute atomic E-state index is 0.0146. The molecule has 2 heterocycles. The van der Waals surface area contributed by atoms with E-state index in [1.165, 1.54) is 0 Å². The second kappa shape index (κ2) is 10.1. The number of para-hydroxylation sites is 2. The third-order valence-corrected chi connectivity index (χ3v) is 6.82. The molecule has 4 aromatic rings. The average molecular weight is 467 g/mol. The molecule has 1 aromatic heterocycles. The van der Waals surface area contributed by atoms with Crippen molar-refractivity contribution in [3.63, 3.8) is 0 Å². The number of carbonyl (C=O) groups is 2. The van der Waals surface area contributed by atoms with Crippen molar-refractivity contribution >= 4 is 22.8 Å². The number of nitrogens with one attached hydrogen (secondary N) is 1. The van der Waals surface area contributed by atoms with Crippen LogP contribution >= 0.6 is 0 Å². The summed E-state index contributed by atoms with van der Waals surface area (Å²) in [5.74, 6) is 0.822. The van der Waals surface area contributed by atoms with Crippen molar-refractivity contribution < 1.29 is 9.59 Å². The van der Waals surface area contributed by atoms with Crippen molar-refractivity contribution in [2.24, 2.45) is 7.05 Å². The summed E-state index contributed by atoms with van der Waals surface area (Å²) in [7, 11) is 1.98. The molecular formula is C29H30N4O2. The molecule has 0 radical (unpaired) electrons. The fourth-order valence-electron chi connectivity index (χ4n) is 4.92. The number of carbonyl (C=O) groups excluding carboxylic acids is 2. The van der Waals surface area contributed by atoms with Crippen LogP contribution in [-0.2, 0) is 29.6 Å². The zero-order valence-corrected chi connectivity index (χ0v) is 20.0. The lowest BCUT2D eigenvalue weighted by molar-refractivity contribution is -0.138. The van der Waals surface area contributed by atoms with Gasteiger partial charge in [0.2, 0.25) is 11.8 Å². The molecule has 2 amide bonds. The summed E-state index contributed by atoms with van der Waals surface area (Å²) in [4.78, 5) is 32.5. The Morgan fingerprint density at radius 2 is 1.74 bits per heavy atom. The van der Waals surface area contributed by atoms with Gasteiger partial charge in [0.15, 0.2) is 0 Å². The summed E-state index contributed by atoms with van der Waals surface area (Å²) < 4.78 is 2.04. The molecule has 0 saturated carbocycles. The summed E-state index contributed by atoms with van der Waals surface area (Å²) in [5, 5.41) is 3.06. The summed E-state index contributed by atoms with van der Waals surface area (Å²) >= 11 is 0. The fraction of sp³-hybridized carbons (Fsp3) is 0.276. The number of aryl methyl sites for hydroxylation is 2. The molecule has 1 aliphatic heterocycles. The Labute approximate surface area is 205 Å². The Hall–Kier alpha value is -3.93. The molecule has 6 heteroatoms. The SMILES string of the molecule is Cn1c(CCC(=O)N2CCC[C@H]2C(=O)NCc2cccc(-c3ccccc3)c2)nc2ccccc21. The number of hydrogen-bond acceptors (Lipinski definition) is 3. The molecule has 1 N–H and O–H groups in total. The van der Waals surface area contributed by atoms with E-state index >= 15 is 0 Å². The van der Waals surface area contributed by atoms with Gasteiger partial charge in [-0.1, -0.05) is 60.7 Å². The number of fused-ring (bicyclic) bond motifs is 1. The zero-order chi connectivity index (χ0) is 24.2. The van der Waals surface area contributed by atoms with Gasteiger partial charge < -0.3 is 14.8 Å². The molecule has 178 valence electrons. The van der Waals surface area contributed by atoms with Crippen LogP contribution < -0.4 is 5.32 Å². The van der Waals surface area contributed by atoms with E-state index in [4.69, 9.17) is 0 Å². The topological polar surface area (TPSA) is 67.2 Å². The molecule has 0 aliphatic carbocycles. The number of rotatable bonds is 7. The molecule has 1 atom stereocenters. The van der Waals surface area contributed by atoms with Gasteiger partial charge in [-0.05, 0) is 47.7 Å². The summed E-state index contributed by atoms with van der Waals surface area (Å²) in [6.45, 7) is 1.07. The van der Waals surface area contributed by atoms with Crippen molar-refractivity contribution in [1.82, 2.24) is 19.8 Å². The number of likely N-dealkylation sites (tertiary alicyclic amines) is 1. The van der Waals surface area contributed by atoms with Crippen molar-refractivity contribution in [1.29, 1.82) is 0 Å². The maximum atomic E-state index is 13.0. The molecule has 6 nitrogen and oxygen atoms in total. The number of nitrogens with zero attached hydrogens (tertiary/aromatic N) is 3. The minimum Gasteiger partial charge on any atom is -0.350 e. The second-order valence-corrected chi connectivity index (χ2v) is 9.11. The Bertz CT molecular complexity index is 1350. The van der Waals surface area contributed by atoms with E-state index in [2.05, 4.69) is 34.6 Å². The van der Waals surface area contributed by atoms with E-state index in [0.717, 1.165) is 40.0 Å². The van der Waals surface area contributed by atoms with Crippen molar-refractivity contribution in [2.45, 2.75) is 38.3 Å². The van der Waals surface area contributed by atoms with Gasteiger partial charge >= 0.3 is 0 Å². The first kappa shape index (κ1) is 22.8. The molecule has 5 rings (SSSR count). The van der Waals surface area contributed by atoms with E-state index in [9.17, 15) is 9.59 Å². The van der Waals surface area contributed by atoms with Crippen LogP contribution in [0.3, 0.4) is 0 Å². The zero-order valence-electron chi connectivity index (χ0n) is 20.0. The lowest BCUT2D eigenvalue weighted by atomic mass is 10.0. The Balaban J connectivity index is 1.19. The van der Waals surface area contributed by atoms with Gasteiger partial charge in [-0.2, -0.15) is 0 Å². The van der Waals surface area contributed by atoms with Crippen LogP contribution in [0.25, 0.3) is 22.2 Å². The van der Waals surface area contributed by atoms with Gasteiger partial charge in [0, 0.05) is 33.0 Å². The lowest BCUT2D eigenvalue weighted by Gasteiger charge is -2.24. The molecule has 0 spiro atoms. The van der Waals surface area contributed by atoms with Crippen LogP contribution in [0, 0.1) is 0 Å². The number of hydrogen-bond donors (Lipinski definition) is 1. The van der Waals surface area contributed by atoms with Gasteiger partial charge in [0.1, 0.15) is 11.9 Å². The van der Waals surface area contributed by atoms with Crippen LogP contribution in [0.1, 0.15) is 30.7 Å². The fourth-order valence-corrected chi connectivity index (χ4v) is 4.92. The second-order valence-electron chi connectivity index (χ2n) is 9.11. The Morgan fingerprint density at radius 1 is 0.971 bits per heavy atom. The molecule has 35 heavy (non-hydrogen) atoms. The van der Waals surface area contributed by atoms with Crippen molar-refractivity contribution in [3.8, 4) is 11.1 Å². The third kappa shape index (κ3) is 4.97. The van der Waals surface area contributed by atoms with Gasteiger partial charge in [0.05, 0.1) is 11.0 Å². The number of amides is 2. The predicted molar refractivity (Wildman–Crippen MR) is 137 cm³/mol. The molecule has 1 saturated heterocycles. The van der Waals surface area contributed by atoms with E-state index in [-0.39, 0.29) is 11.8 Å². The minimum atomic E-state index is -0.403. The van der Waals surface area contributed by atoms with Crippen LogP contribution in [0.15, 0.2) is 78.9 Å². The molecule has 1 fully saturated rings. The predicted octanol–water partition coefficient (Wildman–Crippen LogP) is 4.48. The monoisotopic (exact) mass is 466 g/mol.